The molecule has 1 heterocycles. The van der Waals surface area contributed by atoms with Crippen LogP contribution in [0, 0.1) is 16.1 Å². The molecule has 0 saturated heterocycles. The lowest BCUT2D eigenvalue weighted by molar-refractivity contribution is 0.170. The molecule has 100 valence electrons. The Morgan fingerprint density at radius 3 is 2.68 bits per heavy atom. The van der Waals surface area contributed by atoms with Gasteiger partial charge in [0.05, 0.1) is 22.7 Å². The van der Waals surface area contributed by atoms with E-state index < -0.39 is 0 Å². The van der Waals surface area contributed by atoms with E-state index >= 15 is 0 Å². The van der Waals surface area contributed by atoms with E-state index in [9.17, 15) is 0 Å². The fourth-order valence-corrected chi connectivity index (χ4v) is 2.18. The average molecular weight is 274 g/mol. The maximum atomic E-state index is 9.01. The van der Waals surface area contributed by atoms with E-state index in [1.165, 1.54) is 0 Å². The summed E-state index contributed by atoms with van der Waals surface area (Å²) in [7, 11) is 4.11. The van der Waals surface area contributed by atoms with E-state index in [0.29, 0.717) is 10.3 Å². The topological polar surface area (TPSA) is 47.8 Å². The number of likely N-dealkylation sites (N-methyl/N-ethyl adjacent to an activating group) is 1. The monoisotopic (exact) mass is 274 g/mol. The lowest BCUT2D eigenvalue weighted by Crippen LogP contribution is -2.42. The van der Waals surface area contributed by atoms with Crippen LogP contribution in [0.1, 0.15) is 19.4 Å². The quantitative estimate of drug-likeness (QED) is 0.875. The van der Waals surface area contributed by atoms with Gasteiger partial charge >= 0.3 is 0 Å². The Bertz CT molecular complexity index is 700. The van der Waals surface area contributed by atoms with Crippen LogP contribution in [0.15, 0.2) is 18.2 Å². The van der Waals surface area contributed by atoms with E-state index in [4.69, 9.17) is 17.5 Å². The zero-order valence-electron chi connectivity index (χ0n) is 11.7. The number of imidazole rings is 1. The zero-order valence-corrected chi connectivity index (χ0v) is 12.5. The van der Waals surface area contributed by atoms with Crippen LogP contribution >= 0.6 is 12.2 Å². The van der Waals surface area contributed by atoms with Gasteiger partial charge < -0.3 is 14.5 Å². The molecule has 2 rings (SSSR count). The molecule has 0 atom stereocenters. The van der Waals surface area contributed by atoms with Crippen LogP contribution in [-0.4, -0.2) is 34.1 Å². The first-order chi connectivity index (χ1) is 8.85. The van der Waals surface area contributed by atoms with Crippen molar-refractivity contribution in [3.05, 3.63) is 28.5 Å². The van der Waals surface area contributed by atoms with Gasteiger partial charge in [0.1, 0.15) is 0 Å². The number of hydrogen-bond donors (Lipinski definition) is 1. The third-order valence-corrected chi connectivity index (χ3v) is 3.98. The summed E-state index contributed by atoms with van der Waals surface area (Å²) in [5, 5.41) is 9.01. The van der Waals surface area contributed by atoms with Crippen LogP contribution in [0.3, 0.4) is 0 Å². The van der Waals surface area contributed by atoms with Crippen molar-refractivity contribution in [1.82, 2.24) is 14.5 Å². The second-order valence-electron chi connectivity index (χ2n) is 5.57. The van der Waals surface area contributed by atoms with Crippen LogP contribution in [0.4, 0.5) is 0 Å². The van der Waals surface area contributed by atoms with Gasteiger partial charge in [0.15, 0.2) is 4.77 Å². The Labute approximate surface area is 118 Å². The van der Waals surface area contributed by atoms with E-state index in [0.717, 1.165) is 17.6 Å². The van der Waals surface area contributed by atoms with Crippen LogP contribution in [0.25, 0.3) is 11.0 Å². The number of benzene rings is 1. The van der Waals surface area contributed by atoms with E-state index in [2.05, 4.69) is 48.5 Å². The standard InChI is InChI=1S/C14H18N4S/c1-14(2,17(3)4)9-18-12-7-10(8-15)5-6-11(12)16-13(18)19/h5-7H,9H2,1-4H3,(H,16,19). The predicted octanol–water partition coefficient (Wildman–Crippen LogP) is 2.91. The number of fused-ring (bicyclic) bond motifs is 1. The van der Waals surface area contributed by atoms with Gasteiger partial charge in [0.2, 0.25) is 0 Å². The molecule has 0 radical (unpaired) electrons. The summed E-state index contributed by atoms with van der Waals surface area (Å²) < 4.78 is 2.76. The number of nitrogens with one attached hydrogen (secondary N) is 1. The highest BCUT2D eigenvalue weighted by Crippen LogP contribution is 2.20. The Morgan fingerprint density at radius 2 is 2.11 bits per heavy atom. The van der Waals surface area contributed by atoms with Gasteiger partial charge in [-0.3, -0.25) is 0 Å². The van der Waals surface area contributed by atoms with E-state index in [1.54, 1.807) is 6.07 Å². The van der Waals surface area contributed by atoms with Crippen LogP contribution in [0.2, 0.25) is 0 Å². The number of aromatic nitrogens is 2. The molecule has 1 aromatic heterocycles. The van der Waals surface area contributed by atoms with Crippen molar-refractivity contribution < 1.29 is 0 Å². The first-order valence-corrected chi connectivity index (χ1v) is 6.56. The Hall–Kier alpha value is -1.64. The third-order valence-electron chi connectivity index (χ3n) is 3.66. The van der Waals surface area contributed by atoms with Crippen molar-refractivity contribution in [1.29, 1.82) is 5.26 Å². The number of hydrogen-bond acceptors (Lipinski definition) is 3. The molecule has 0 bridgehead atoms. The minimum atomic E-state index is -0.0179. The van der Waals surface area contributed by atoms with Gasteiger partial charge in [-0.05, 0) is 58.4 Å². The lowest BCUT2D eigenvalue weighted by Gasteiger charge is -2.33. The lowest BCUT2D eigenvalue weighted by atomic mass is 10.0. The number of rotatable bonds is 3. The van der Waals surface area contributed by atoms with E-state index in [-0.39, 0.29) is 5.54 Å². The molecule has 0 unspecified atom stereocenters. The Kier molecular flexibility index (Phi) is 3.48. The van der Waals surface area contributed by atoms with Crippen molar-refractivity contribution in [3.63, 3.8) is 0 Å². The highest BCUT2D eigenvalue weighted by Gasteiger charge is 2.22. The SMILES string of the molecule is CN(C)C(C)(C)Cn1c(=S)[nH]c2ccc(C#N)cc21. The largest absolute Gasteiger partial charge is 0.331 e. The predicted molar refractivity (Wildman–Crippen MR) is 79.6 cm³/mol. The van der Waals surface area contributed by atoms with Gasteiger partial charge in [0, 0.05) is 12.1 Å². The molecular weight excluding hydrogens is 256 g/mol. The van der Waals surface area contributed by atoms with Gasteiger partial charge in [-0.25, -0.2) is 0 Å². The number of H-pyrrole nitrogens is 1. The number of nitriles is 1. The molecule has 1 N–H and O–H groups in total. The molecule has 4 nitrogen and oxygen atoms in total. The van der Waals surface area contributed by atoms with Crippen LogP contribution < -0.4 is 0 Å². The molecule has 0 saturated carbocycles. The van der Waals surface area contributed by atoms with Crippen molar-refractivity contribution in [3.8, 4) is 6.07 Å². The molecule has 0 aliphatic carbocycles. The Balaban J connectivity index is 2.57. The highest BCUT2D eigenvalue weighted by molar-refractivity contribution is 7.71. The molecule has 2 aromatic rings. The summed E-state index contributed by atoms with van der Waals surface area (Å²) in [6.45, 7) is 5.11. The third kappa shape index (κ3) is 2.55. The number of aromatic amines is 1. The summed E-state index contributed by atoms with van der Waals surface area (Å²) in [4.78, 5) is 5.36. The van der Waals surface area contributed by atoms with Crippen LogP contribution in [-0.2, 0) is 6.54 Å². The molecule has 1 aromatic carbocycles. The molecule has 0 amide bonds. The fourth-order valence-electron chi connectivity index (χ4n) is 1.91. The Morgan fingerprint density at radius 1 is 1.42 bits per heavy atom. The number of nitrogens with zero attached hydrogens (tertiary/aromatic N) is 3. The van der Waals surface area contributed by atoms with Gasteiger partial charge in [-0.1, -0.05) is 0 Å². The van der Waals surface area contributed by atoms with Crippen molar-refractivity contribution in [2.45, 2.75) is 25.9 Å². The van der Waals surface area contributed by atoms with Gasteiger partial charge in [0.25, 0.3) is 0 Å². The average Bonchev–Trinajstić information content (AvgIpc) is 2.64. The highest BCUT2D eigenvalue weighted by atomic mass is 32.1. The molecular formula is C14H18N4S. The summed E-state index contributed by atoms with van der Waals surface area (Å²) in [6.07, 6.45) is 0. The first-order valence-electron chi connectivity index (χ1n) is 6.15. The van der Waals surface area contributed by atoms with Crippen molar-refractivity contribution >= 4 is 23.3 Å². The van der Waals surface area contributed by atoms with Crippen LogP contribution in [0.5, 0.6) is 0 Å². The summed E-state index contributed by atoms with van der Waals surface area (Å²) in [5.74, 6) is 0. The smallest absolute Gasteiger partial charge is 0.178 e. The second kappa shape index (κ2) is 4.80. The minimum Gasteiger partial charge on any atom is -0.331 e. The van der Waals surface area contributed by atoms with Crippen molar-refractivity contribution in [2.24, 2.45) is 0 Å². The maximum Gasteiger partial charge on any atom is 0.178 e. The van der Waals surface area contributed by atoms with E-state index in [1.807, 2.05) is 12.1 Å². The first kappa shape index (κ1) is 13.8. The maximum absolute atomic E-state index is 9.01. The molecule has 19 heavy (non-hydrogen) atoms. The molecule has 0 aliphatic rings. The summed E-state index contributed by atoms with van der Waals surface area (Å²) >= 11 is 5.39. The minimum absolute atomic E-state index is 0.0179. The normalized spacial score (nSPS) is 12.0. The second-order valence-corrected chi connectivity index (χ2v) is 5.95. The molecule has 5 heteroatoms. The fraction of sp³-hybridized carbons (Fsp3) is 0.429. The summed E-state index contributed by atoms with van der Waals surface area (Å²) in [5.41, 5.74) is 2.59. The summed E-state index contributed by atoms with van der Waals surface area (Å²) in [6, 6.07) is 7.76. The molecule has 0 spiro atoms. The zero-order chi connectivity index (χ0) is 14.2. The van der Waals surface area contributed by atoms with Crippen molar-refractivity contribution in [2.75, 3.05) is 14.1 Å². The molecule has 0 aliphatic heterocycles. The molecule has 0 fully saturated rings. The van der Waals surface area contributed by atoms with Gasteiger partial charge in [-0.15, -0.1) is 0 Å². The van der Waals surface area contributed by atoms with Gasteiger partial charge in [-0.2, -0.15) is 5.26 Å².